The van der Waals surface area contributed by atoms with E-state index in [-0.39, 0.29) is 0 Å². The van der Waals surface area contributed by atoms with E-state index in [1.165, 1.54) is 0 Å². The standard InChI is InChI=1S/C17H19N3O2/c1-10-8-14(18-17-13(10)9-20(3)19-17)12-6-7-15(21-4)11(2)16(12)22-5/h6-9H,1-5H3. The van der Waals surface area contributed by atoms with Crippen LogP contribution in [0.15, 0.2) is 24.4 Å². The third kappa shape index (κ3) is 2.19. The van der Waals surface area contributed by atoms with Crippen molar-refractivity contribution in [3.8, 4) is 22.8 Å². The first-order valence-corrected chi connectivity index (χ1v) is 7.08. The van der Waals surface area contributed by atoms with Crippen LogP contribution in [-0.4, -0.2) is 29.0 Å². The topological polar surface area (TPSA) is 49.2 Å². The van der Waals surface area contributed by atoms with Crippen molar-refractivity contribution in [3.63, 3.8) is 0 Å². The van der Waals surface area contributed by atoms with Gasteiger partial charge in [0.1, 0.15) is 11.5 Å². The number of aryl methyl sites for hydroxylation is 2. The fourth-order valence-corrected chi connectivity index (χ4v) is 2.76. The Hall–Kier alpha value is -2.56. The lowest BCUT2D eigenvalue weighted by atomic mass is 10.0. The molecule has 1 aromatic carbocycles. The molecule has 114 valence electrons. The number of rotatable bonds is 3. The van der Waals surface area contributed by atoms with Crippen molar-refractivity contribution >= 4 is 11.0 Å². The molecule has 22 heavy (non-hydrogen) atoms. The van der Waals surface area contributed by atoms with Gasteiger partial charge in [-0.3, -0.25) is 4.68 Å². The lowest BCUT2D eigenvalue weighted by Gasteiger charge is -2.14. The first kappa shape index (κ1) is 14.4. The van der Waals surface area contributed by atoms with Crippen LogP contribution < -0.4 is 9.47 Å². The molecule has 0 spiro atoms. The molecule has 2 aromatic heterocycles. The molecule has 0 unspecified atom stereocenters. The molecule has 0 amide bonds. The second-order valence-electron chi connectivity index (χ2n) is 5.34. The Kier molecular flexibility index (Phi) is 3.48. The van der Waals surface area contributed by atoms with E-state index in [4.69, 9.17) is 9.47 Å². The van der Waals surface area contributed by atoms with Crippen molar-refractivity contribution < 1.29 is 9.47 Å². The first-order valence-electron chi connectivity index (χ1n) is 7.08. The maximum atomic E-state index is 5.58. The van der Waals surface area contributed by atoms with Gasteiger partial charge in [0, 0.05) is 29.8 Å². The van der Waals surface area contributed by atoms with Crippen molar-refractivity contribution in [1.82, 2.24) is 14.8 Å². The van der Waals surface area contributed by atoms with Gasteiger partial charge in [-0.05, 0) is 37.6 Å². The number of hydrogen-bond donors (Lipinski definition) is 0. The van der Waals surface area contributed by atoms with E-state index in [0.29, 0.717) is 0 Å². The van der Waals surface area contributed by atoms with Gasteiger partial charge in [0.2, 0.25) is 0 Å². The van der Waals surface area contributed by atoms with Crippen LogP contribution in [0.1, 0.15) is 11.1 Å². The molecule has 3 rings (SSSR count). The van der Waals surface area contributed by atoms with Gasteiger partial charge in [0.15, 0.2) is 5.65 Å². The van der Waals surface area contributed by atoms with Gasteiger partial charge >= 0.3 is 0 Å². The quantitative estimate of drug-likeness (QED) is 0.744. The fourth-order valence-electron chi connectivity index (χ4n) is 2.76. The minimum absolute atomic E-state index is 0.744. The molecule has 0 atom stereocenters. The summed E-state index contributed by atoms with van der Waals surface area (Å²) in [5, 5.41) is 5.48. The predicted molar refractivity (Wildman–Crippen MR) is 86.5 cm³/mol. The summed E-state index contributed by atoms with van der Waals surface area (Å²) in [6, 6.07) is 5.97. The maximum Gasteiger partial charge on any atom is 0.181 e. The molecule has 5 nitrogen and oxygen atoms in total. The Morgan fingerprint density at radius 2 is 1.86 bits per heavy atom. The van der Waals surface area contributed by atoms with Gasteiger partial charge in [0.05, 0.1) is 19.9 Å². The Morgan fingerprint density at radius 3 is 2.55 bits per heavy atom. The highest BCUT2D eigenvalue weighted by Gasteiger charge is 2.15. The third-order valence-electron chi connectivity index (χ3n) is 3.87. The van der Waals surface area contributed by atoms with Gasteiger partial charge in [-0.2, -0.15) is 5.10 Å². The number of pyridine rings is 1. The summed E-state index contributed by atoms with van der Waals surface area (Å²) in [5.74, 6) is 1.58. The van der Waals surface area contributed by atoms with E-state index in [9.17, 15) is 0 Å². The first-order chi connectivity index (χ1) is 10.5. The molecular formula is C17H19N3O2. The van der Waals surface area contributed by atoms with Gasteiger partial charge < -0.3 is 9.47 Å². The lowest BCUT2D eigenvalue weighted by Crippen LogP contribution is -1.97. The molecule has 0 aliphatic carbocycles. The van der Waals surface area contributed by atoms with Crippen LogP contribution in [0.25, 0.3) is 22.3 Å². The average molecular weight is 297 g/mol. The summed E-state index contributed by atoms with van der Waals surface area (Å²) in [7, 11) is 5.22. The molecule has 0 fully saturated rings. The summed E-state index contributed by atoms with van der Waals surface area (Å²) in [5.41, 5.74) is 4.64. The zero-order chi connectivity index (χ0) is 15.9. The van der Waals surface area contributed by atoms with Crippen LogP contribution in [0.3, 0.4) is 0 Å². The molecule has 0 N–H and O–H groups in total. The second-order valence-corrected chi connectivity index (χ2v) is 5.34. The smallest absolute Gasteiger partial charge is 0.181 e. The molecule has 3 aromatic rings. The molecule has 0 radical (unpaired) electrons. The molecule has 2 heterocycles. The number of benzene rings is 1. The molecule has 0 saturated carbocycles. The largest absolute Gasteiger partial charge is 0.496 e. The number of methoxy groups -OCH3 is 2. The number of hydrogen-bond acceptors (Lipinski definition) is 4. The van der Waals surface area contributed by atoms with Crippen molar-refractivity contribution in [2.75, 3.05) is 14.2 Å². The number of nitrogens with zero attached hydrogens (tertiary/aromatic N) is 3. The zero-order valence-corrected chi connectivity index (χ0v) is 13.5. The molecular weight excluding hydrogens is 278 g/mol. The second kappa shape index (κ2) is 5.33. The molecule has 5 heteroatoms. The third-order valence-corrected chi connectivity index (χ3v) is 3.87. The summed E-state index contributed by atoms with van der Waals surface area (Å²) in [6.45, 7) is 4.05. The van der Waals surface area contributed by atoms with Gasteiger partial charge in [-0.25, -0.2) is 4.98 Å². The van der Waals surface area contributed by atoms with Crippen LogP contribution in [0.4, 0.5) is 0 Å². The van der Waals surface area contributed by atoms with Crippen LogP contribution >= 0.6 is 0 Å². The highest BCUT2D eigenvalue weighted by molar-refractivity contribution is 5.83. The highest BCUT2D eigenvalue weighted by Crippen LogP contribution is 2.37. The van der Waals surface area contributed by atoms with Crippen LogP contribution in [-0.2, 0) is 7.05 Å². The van der Waals surface area contributed by atoms with E-state index < -0.39 is 0 Å². The van der Waals surface area contributed by atoms with E-state index in [2.05, 4.69) is 23.1 Å². The van der Waals surface area contributed by atoms with E-state index in [0.717, 1.165) is 44.9 Å². The summed E-state index contributed by atoms with van der Waals surface area (Å²) < 4.78 is 12.7. The van der Waals surface area contributed by atoms with Gasteiger partial charge in [0.25, 0.3) is 0 Å². The Bertz CT molecular complexity index is 853. The number of fused-ring (bicyclic) bond motifs is 1. The lowest BCUT2D eigenvalue weighted by molar-refractivity contribution is 0.390. The molecule has 0 bridgehead atoms. The Balaban J connectivity index is 2.25. The van der Waals surface area contributed by atoms with Crippen molar-refractivity contribution in [2.45, 2.75) is 13.8 Å². The highest BCUT2D eigenvalue weighted by atomic mass is 16.5. The minimum atomic E-state index is 0.744. The summed E-state index contributed by atoms with van der Waals surface area (Å²) >= 11 is 0. The monoisotopic (exact) mass is 297 g/mol. The molecule has 0 aliphatic heterocycles. The maximum absolute atomic E-state index is 5.58. The van der Waals surface area contributed by atoms with Crippen molar-refractivity contribution in [1.29, 1.82) is 0 Å². The van der Waals surface area contributed by atoms with Crippen molar-refractivity contribution in [3.05, 3.63) is 35.5 Å². The Labute approximate surface area is 129 Å². The van der Waals surface area contributed by atoms with E-state index in [1.54, 1.807) is 18.9 Å². The SMILES string of the molecule is COc1ccc(-c2cc(C)c3cn(C)nc3n2)c(OC)c1C. The van der Waals surface area contributed by atoms with Crippen molar-refractivity contribution in [2.24, 2.45) is 7.05 Å². The zero-order valence-electron chi connectivity index (χ0n) is 13.5. The van der Waals surface area contributed by atoms with Crippen LogP contribution in [0.5, 0.6) is 11.5 Å². The van der Waals surface area contributed by atoms with Crippen LogP contribution in [0.2, 0.25) is 0 Å². The summed E-state index contributed by atoms with van der Waals surface area (Å²) in [6.07, 6.45) is 1.98. The van der Waals surface area contributed by atoms with Gasteiger partial charge in [-0.15, -0.1) is 0 Å². The van der Waals surface area contributed by atoms with Gasteiger partial charge in [-0.1, -0.05) is 0 Å². The normalized spacial score (nSPS) is 11.0. The molecule has 0 saturated heterocycles. The minimum Gasteiger partial charge on any atom is -0.496 e. The van der Waals surface area contributed by atoms with Crippen LogP contribution in [0, 0.1) is 13.8 Å². The number of aromatic nitrogens is 3. The van der Waals surface area contributed by atoms with E-state index in [1.807, 2.05) is 32.3 Å². The molecule has 0 aliphatic rings. The van der Waals surface area contributed by atoms with E-state index >= 15 is 0 Å². The number of ether oxygens (including phenoxy) is 2. The summed E-state index contributed by atoms with van der Waals surface area (Å²) in [4.78, 5) is 4.68. The fraction of sp³-hybridized carbons (Fsp3) is 0.294. The Morgan fingerprint density at radius 1 is 1.09 bits per heavy atom. The predicted octanol–water partition coefficient (Wildman–Crippen LogP) is 3.27. The average Bonchev–Trinajstić information content (AvgIpc) is 2.87.